The van der Waals surface area contributed by atoms with E-state index >= 15 is 0 Å². The summed E-state index contributed by atoms with van der Waals surface area (Å²) in [5.41, 5.74) is 3.75. The van der Waals surface area contributed by atoms with E-state index in [-0.39, 0.29) is 17.2 Å². The van der Waals surface area contributed by atoms with E-state index in [0.29, 0.717) is 0 Å². The highest BCUT2D eigenvalue weighted by Crippen LogP contribution is 2.40. The molecule has 3 saturated heterocycles. The van der Waals surface area contributed by atoms with Gasteiger partial charge in [0.2, 0.25) is 0 Å². The number of carbonyl (C=O) groups is 1. The molecule has 34 heavy (non-hydrogen) atoms. The molecule has 4 rings (SSSR count). The molecule has 0 saturated carbocycles. The van der Waals surface area contributed by atoms with Crippen molar-refractivity contribution < 1.29 is 14.3 Å². The van der Waals surface area contributed by atoms with Crippen molar-refractivity contribution in [1.82, 2.24) is 9.80 Å². The van der Waals surface area contributed by atoms with Crippen LogP contribution in [0.3, 0.4) is 0 Å². The number of morpholine rings is 1. The van der Waals surface area contributed by atoms with Crippen molar-refractivity contribution in [1.29, 1.82) is 0 Å². The number of benzene rings is 1. The molecule has 1 amide bonds. The van der Waals surface area contributed by atoms with E-state index in [9.17, 15) is 4.79 Å². The van der Waals surface area contributed by atoms with Gasteiger partial charge in [-0.3, -0.25) is 4.90 Å². The zero-order valence-corrected chi connectivity index (χ0v) is 22.3. The molecule has 1 aromatic rings. The zero-order valence-electron chi connectivity index (χ0n) is 22.3. The van der Waals surface area contributed by atoms with E-state index in [1.165, 1.54) is 29.7 Å². The molecular weight excluding hydrogens is 426 g/mol. The van der Waals surface area contributed by atoms with E-state index < -0.39 is 5.60 Å². The van der Waals surface area contributed by atoms with Crippen LogP contribution in [-0.4, -0.2) is 72.0 Å². The van der Waals surface area contributed by atoms with Gasteiger partial charge in [-0.05, 0) is 96.5 Å². The molecule has 0 bridgehead atoms. The van der Waals surface area contributed by atoms with E-state index in [1.54, 1.807) is 0 Å². The molecule has 3 aliphatic heterocycles. The molecule has 0 aromatic heterocycles. The Kier molecular flexibility index (Phi) is 7.21. The highest BCUT2D eigenvalue weighted by molar-refractivity contribution is 5.68. The normalized spacial score (nSPS) is 25.7. The maximum absolute atomic E-state index is 12.6. The molecule has 1 unspecified atom stereocenters. The molecule has 0 aliphatic carbocycles. The molecule has 6 nitrogen and oxygen atoms in total. The number of likely N-dealkylation sites (tertiary alicyclic amines) is 2. The van der Waals surface area contributed by atoms with Gasteiger partial charge in [-0.2, -0.15) is 0 Å². The second-order valence-electron chi connectivity index (χ2n) is 12.0. The second-order valence-corrected chi connectivity index (χ2v) is 12.0. The molecule has 3 heterocycles. The van der Waals surface area contributed by atoms with E-state index in [2.05, 4.69) is 48.8 Å². The molecule has 6 heteroatoms. The highest BCUT2D eigenvalue weighted by atomic mass is 16.6. The monoisotopic (exact) mass is 471 g/mol. The number of hydrogen-bond acceptors (Lipinski definition) is 5. The first-order chi connectivity index (χ1) is 16.0. The molecule has 1 atom stereocenters. The third kappa shape index (κ3) is 5.71. The summed E-state index contributed by atoms with van der Waals surface area (Å²) in [6, 6.07) is 7.07. The van der Waals surface area contributed by atoms with Crippen LogP contribution in [0, 0.1) is 6.92 Å². The molecule has 1 spiro atoms. The Morgan fingerprint density at radius 1 is 1.09 bits per heavy atom. The fourth-order valence-corrected chi connectivity index (χ4v) is 5.94. The van der Waals surface area contributed by atoms with E-state index in [1.807, 2.05) is 25.7 Å². The highest BCUT2D eigenvalue weighted by Gasteiger charge is 2.44. The summed E-state index contributed by atoms with van der Waals surface area (Å²) < 4.78 is 11.7. The lowest BCUT2D eigenvalue weighted by Crippen LogP contribution is -2.53. The first kappa shape index (κ1) is 25.3. The fourth-order valence-electron chi connectivity index (χ4n) is 5.94. The van der Waals surface area contributed by atoms with Gasteiger partial charge in [0.05, 0.1) is 12.2 Å². The van der Waals surface area contributed by atoms with Gasteiger partial charge in [0.25, 0.3) is 0 Å². The molecule has 190 valence electrons. The van der Waals surface area contributed by atoms with Gasteiger partial charge in [-0.25, -0.2) is 4.79 Å². The summed E-state index contributed by atoms with van der Waals surface area (Å²) >= 11 is 0. The maximum atomic E-state index is 12.6. The van der Waals surface area contributed by atoms with Gasteiger partial charge < -0.3 is 19.3 Å². The molecular formula is C28H45N3O3. The van der Waals surface area contributed by atoms with Crippen LogP contribution in [0.5, 0.6) is 0 Å². The van der Waals surface area contributed by atoms with Crippen LogP contribution in [-0.2, 0) is 16.0 Å². The van der Waals surface area contributed by atoms with Gasteiger partial charge in [0.15, 0.2) is 0 Å². The molecule has 0 N–H and O–H groups in total. The molecule has 0 radical (unpaired) electrons. The molecule has 3 aliphatic rings. The Hall–Kier alpha value is -1.79. The zero-order chi connectivity index (χ0) is 24.6. The predicted octanol–water partition coefficient (Wildman–Crippen LogP) is 5.37. The van der Waals surface area contributed by atoms with Crippen LogP contribution in [0.25, 0.3) is 0 Å². The molecule has 3 fully saturated rings. The summed E-state index contributed by atoms with van der Waals surface area (Å²) in [7, 11) is 0. The number of carbonyl (C=O) groups excluding carboxylic acids is 1. The lowest BCUT2D eigenvalue weighted by atomic mass is 9.84. The number of nitrogens with zero attached hydrogens (tertiary/aromatic N) is 3. The first-order valence-electron chi connectivity index (χ1n) is 13.2. The van der Waals surface area contributed by atoms with Gasteiger partial charge in [-0.15, -0.1) is 0 Å². The van der Waals surface area contributed by atoms with Crippen LogP contribution in [0.2, 0.25) is 0 Å². The molecule has 1 aromatic carbocycles. The number of anilines is 1. The number of aryl methyl sites for hydroxylation is 1. The minimum absolute atomic E-state index is 0.0662. The van der Waals surface area contributed by atoms with Crippen molar-refractivity contribution in [3.63, 3.8) is 0 Å². The lowest BCUT2D eigenvalue weighted by molar-refractivity contribution is -0.0441. The quantitative estimate of drug-likeness (QED) is 0.591. The fraction of sp³-hybridized carbons (Fsp3) is 0.750. The van der Waals surface area contributed by atoms with E-state index in [4.69, 9.17) is 9.47 Å². The average Bonchev–Trinajstić information content (AvgIpc) is 3.14. The number of ether oxygens (including phenoxy) is 2. The summed E-state index contributed by atoms with van der Waals surface area (Å²) in [4.78, 5) is 19.7. The smallest absolute Gasteiger partial charge is 0.410 e. The van der Waals surface area contributed by atoms with Crippen molar-refractivity contribution in [2.75, 3.05) is 44.2 Å². The van der Waals surface area contributed by atoms with Crippen molar-refractivity contribution in [3.8, 4) is 0 Å². The van der Waals surface area contributed by atoms with Crippen LogP contribution in [0.4, 0.5) is 10.5 Å². The average molecular weight is 472 g/mol. The van der Waals surface area contributed by atoms with Crippen molar-refractivity contribution in [2.45, 2.75) is 96.9 Å². The lowest BCUT2D eigenvalue weighted by Gasteiger charge is -2.45. The third-order valence-corrected chi connectivity index (χ3v) is 8.03. The summed E-state index contributed by atoms with van der Waals surface area (Å²) in [5.74, 6) is 0. The predicted molar refractivity (Wildman–Crippen MR) is 137 cm³/mol. The number of hydrogen-bond donors (Lipinski definition) is 0. The Morgan fingerprint density at radius 3 is 2.50 bits per heavy atom. The Morgan fingerprint density at radius 2 is 1.82 bits per heavy atom. The second kappa shape index (κ2) is 9.69. The number of rotatable bonds is 4. The summed E-state index contributed by atoms with van der Waals surface area (Å²) in [5, 5.41) is 0. The Bertz CT molecular complexity index is 872. The van der Waals surface area contributed by atoms with Crippen LogP contribution < -0.4 is 4.90 Å². The Balaban J connectivity index is 1.43. The topological polar surface area (TPSA) is 45.2 Å². The largest absolute Gasteiger partial charge is 0.444 e. The van der Waals surface area contributed by atoms with Gasteiger partial charge >= 0.3 is 6.09 Å². The van der Waals surface area contributed by atoms with Crippen LogP contribution >= 0.6 is 0 Å². The first-order valence-corrected chi connectivity index (χ1v) is 13.2. The number of piperidine rings is 1. The van der Waals surface area contributed by atoms with Gasteiger partial charge in [0.1, 0.15) is 5.60 Å². The maximum Gasteiger partial charge on any atom is 0.410 e. The summed E-state index contributed by atoms with van der Waals surface area (Å²) in [6.45, 7) is 18.8. The van der Waals surface area contributed by atoms with Gasteiger partial charge in [0, 0.05) is 44.0 Å². The van der Waals surface area contributed by atoms with Crippen molar-refractivity contribution >= 4 is 11.8 Å². The summed E-state index contributed by atoms with van der Waals surface area (Å²) in [6.07, 6.45) is 5.39. The number of amides is 1. The van der Waals surface area contributed by atoms with E-state index in [0.717, 1.165) is 65.1 Å². The SMILES string of the molecule is CCC1(C)CN(c2cc(C)cc(CN3CCCC34CCN(C(=O)OC(C)(C)C)CC4)c2)CCO1. The van der Waals surface area contributed by atoms with Gasteiger partial charge in [-0.1, -0.05) is 13.0 Å². The standard InChI is InChI=1S/C28H45N3O3/c1-7-27(6)21-30(15-16-33-27)24-18-22(2)17-23(19-24)20-31-12-8-9-28(31)10-13-29(14-11-28)25(32)34-26(3,4)5/h17-19H,7-16,20-21H2,1-6H3. The Labute approximate surface area is 206 Å². The minimum atomic E-state index is -0.441. The van der Waals surface area contributed by atoms with Crippen LogP contribution in [0.15, 0.2) is 18.2 Å². The third-order valence-electron chi connectivity index (χ3n) is 8.03. The van der Waals surface area contributed by atoms with Crippen molar-refractivity contribution in [3.05, 3.63) is 29.3 Å². The minimum Gasteiger partial charge on any atom is -0.444 e. The van der Waals surface area contributed by atoms with Crippen LogP contribution in [0.1, 0.15) is 77.8 Å². The van der Waals surface area contributed by atoms with Crippen molar-refractivity contribution in [2.24, 2.45) is 0 Å².